The number of carbonyl (C=O) groups is 1. The summed E-state index contributed by atoms with van der Waals surface area (Å²) in [7, 11) is 0. The molecular weight excluding hydrogens is 413 g/mol. The van der Waals surface area contributed by atoms with Gasteiger partial charge in [-0.15, -0.1) is 0 Å². The fraction of sp³-hybridized carbons (Fsp3) is 0. The number of carbonyl (C=O) groups excluding carboxylic acids is 1. The summed E-state index contributed by atoms with van der Waals surface area (Å²) in [5.74, 6) is -0.858. The normalized spacial score (nSPS) is 10.4. The molecule has 0 aliphatic heterocycles. The minimum absolute atomic E-state index is 0.101. The molecule has 0 spiro atoms. The van der Waals surface area contributed by atoms with Crippen LogP contribution in [0.5, 0.6) is 0 Å². The van der Waals surface area contributed by atoms with Crippen molar-refractivity contribution in [1.29, 1.82) is 0 Å². The van der Waals surface area contributed by atoms with Gasteiger partial charge >= 0.3 is 0 Å². The quantitative estimate of drug-likeness (QED) is 0.342. The van der Waals surface area contributed by atoms with Gasteiger partial charge < -0.3 is 0 Å². The van der Waals surface area contributed by atoms with Crippen molar-refractivity contribution in [1.82, 2.24) is 15.4 Å². The summed E-state index contributed by atoms with van der Waals surface area (Å²) < 4.78 is 13.3. The summed E-state index contributed by atoms with van der Waals surface area (Å²) >= 11 is 0. The van der Waals surface area contributed by atoms with Gasteiger partial charge in [-0.2, -0.15) is 0 Å². The zero-order chi connectivity index (χ0) is 22.5. The Bertz CT molecular complexity index is 1280. The van der Waals surface area contributed by atoms with Crippen molar-refractivity contribution < 1.29 is 14.1 Å². The van der Waals surface area contributed by atoms with Crippen LogP contribution in [0.25, 0.3) is 22.5 Å². The fourth-order valence-electron chi connectivity index (χ4n) is 2.97. The Kier molecular flexibility index (Phi) is 5.80. The lowest BCUT2D eigenvalue weighted by Gasteiger charge is -2.11. The van der Waals surface area contributed by atoms with Crippen LogP contribution in [0.3, 0.4) is 0 Å². The third-order valence-corrected chi connectivity index (χ3v) is 4.54. The van der Waals surface area contributed by atoms with Crippen LogP contribution < -0.4 is 10.9 Å². The first-order valence-corrected chi connectivity index (χ1v) is 9.51. The number of halogens is 1. The summed E-state index contributed by atoms with van der Waals surface area (Å²) in [4.78, 5) is 31.6. The molecule has 0 bridgehead atoms. The Morgan fingerprint density at radius 2 is 1.50 bits per heavy atom. The first-order chi connectivity index (χ1) is 15.5. The van der Waals surface area contributed by atoms with Gasteiger partial charge in [-0.25, -0.2) is 14.4 Å². The molecule has 32 heavy (non-hydrogen) atoms. The van der Waals surface area contributed by atoms with Crippen molar-refractivity contribution in [3.63, 3.8) is 0 Å². The summed E-state index contributed by atoms with van der Waals surface area (Å²) in [5.41, 5.74) is 7.62. The van der Waals surface area contributed by atoms with Crippen LogP contribution in [0.15, 0.2) is 84.9 Å². The van der Waals surface area contributed by atoms with E-state index in [2.05, 4.69) is 20.8 Å². The van der Waals surface area contributed by atoms with Gasteiger partial charge in [0.1, 0.15) is 5.82 Å². The van der Waals surface area contributed by atoms with Gasteiger partial charge in [-0.1, -0.05) is 36.4 Å². The third-order valence-electron chi connectivity index (χ3n) is 4.54. The third kappa shape index (κ3) is 4.73. The molecule has 0 atom stereocenters. The van der Waals surface area contributed by atoms with E-state index in [-0.39, 0.29) is 23.0 Å². The highest BCUT2D eigenvalue weighted by molar-refractivity contribution is 5.95. The number of nitrogens with zero attached hydrogens (tertiary/aromatic N) is 3. The fourth-order valence-corrected chi connectivity index (χ4v) is 2.97. The Labute approximate surface area is 181 Å². The van der Waals surface area contributed by atoms with Crippen LogP contribution >= 0.6 is 0 Å². The van der Waals surface area contributed by atoms with Crippen molar-refractivity contribution >= 4 is 17.5 Å². The van der Waals surface area contributed by atoms with E-state index in [4.69, 9.17) is 0 Å². The lowest BCUT2D eigenvalue weighted by Crippen LogP contribution is -2.30. The van der Waals surface area contributed by atoms with E-state index in [0.29, 0.717) is 17.0 Å². The predicted molar refractivity (Wildman–Crippen MR) is 117 cm³/mol. The molecule has 0 aliphatic carbocycles. The van der Waals surface area contributed by atoms with Crippen molar-refractivity contribution in [2.75, 3.05) is 5.43 Å². The van der Waals surface area contributed by atoms with E-state index in [1.54, 1.807) is 18.2 Å². The van der Waals surface area contributed by atoms with Crippen molar-refractivity contribution in [3.05, 3.63) is 106 Å². The van der Waals surface area contributed by atoms with E-state index >= 15 is 0 Å². The number of aromatic nitrogens is 2. The molecule has 9 heteroatoms. The Balaban J connectivity index is 1.63. The summed E-state index contributed by atoms with van der Waals surface area (Å²) in [6, 6.07) is 22.3. The number of hydrogen-bond acceptors (Lipinski definition) is 6. The highest BCUT2D eigenvalue weighted by Gasteiger charge is 2.13. The number of amides is 1. The molecule has 0 saturated carbocycles. The van der Waals surface area contributed by atoms with Crippen LogP contribution in [-0.4, -0.2) is 20.8 Å². The molecule has 0 saturated heterocycles. The second kappa shape index (κ2) is 9.00. The van der Waals surface area contributed by atoms with E-state index in [1.807, 2.05) is 30.3 Å². The monoisotopic (exact) mass is 429 g/mol. The van der Waals surface area contributed by atoms with Gasteiger partial charge in [-0.05, 0) is 36.4 Å². The molecule has 0 radical (unpaired) electrons. The highest BCUT2D eigenvalue weighted by atomic mass is 19.1. The molecule has 0 unspecified atom stereocenters. The van der Waals surface area contributed by atoms with Crippen LogP contribution in [0.4, 0.5) is 16.0 Å². The largest absolute Gasteiger partial charge is 0.270 e. The molecule has 4 aromatic rings. The predicted octanol–water partition coefficient (Wildman–Crippen LogP) is 4.61. The van der Waals surface area contributed by atoms with Gasteiger partial charge in [0.2, 0.25) is 5.95 Å². The second-order valence-corrected chi connectivity index (χ2v) is 6.72. The van der Waals surface area contributed by atoms with Crippen molar-refractivity contribution in [2.24, 2.45) is 0 Å². The average Bonchev–Trinajstić information content (AvgIpc) is 2.83. The zero-order valence-corrected chi connectivity index (χ0v) is 16.5. The van der Waals surface area contributed by atoms with Gasteiger partial charge in [-0.3, -0.25) is 25.8 Å². The van der Waals surface area contributed by atoms with Crippen LogP contribution in [-0.2, 0) is 0 Å². The number of anilines is 1. The molecule has 4 rings (SSSR count). The molecule has 158 valence electrons. The average molecular weight is 429 g/mol. The number of non-ortho nitro benzene ring substituents is 1. The SMILES string of the molecule is O=C(NNc1nc(-c2ccccc2)cc(-c2ccc(F)cc2)n1)c1cccc([N+](=O)[O-])c1. The number of nitro groups is 1. The topological polar surface area (TPSA) is 110 Å². The van der Waals surface area contributed by atoms with E-state index in [0.717, 1.165) is 5.56 Å². The molecule has 0 aliphatic rings. The minimum Gasteiger partial charge on any atom is -0.267 e. The Morgan fingerprint density at radius 1 is 0.844 bits per heavy atom. The second-order valence-electron chi connectivity index (χ2n) is 6.72. The van der Waals surface area contributed by atoms with E-state index in [1.165, 1.54) is 36.4 Å². The molecule has 1 amide bonds. The summed E-state index contributed by atoms with van der Waals surface area (Å²) in [6.07, 6.45) is 0. The lowest BCUT2D eigenvalue weighted by molar-refractivity contribution is -0.384. The summed E-state index contributed by atoms with van der Waals surface area (Å²) in [5, 5.41) is 10.9. The van der Waals surface area contributed by atoms with Gasteiger partial charge in [0, 0.05) is 28.8 Å². The van der Waals surface area contributed by atoms with Crippen molar-refractivity contribution in [2.45, 2.75) is 0 Å². The van der Waals surface area contributed by atoms with Crippen molar-refractivity contribution in [3.8, 4) is 22.5 Å². The maximum atomic E-state index is 13.3. The van der Waals surface area contributed by atoms with Crippen LogP contribution in [0, 0.1) is 15.9 Å². The first kappa shape index (κ1) is 20.6. The van der Waals surface area contributed by atoms with Gasteiger partial charge in [0.25, 0.3) is 11.6 Å². The standard InChI is InChI=1S/C23H16FN5O3/c24-18-11-9-16(10-12-18)21-14-20(15-5-2-1-3-6-15)25-23(26-21)28-27-22(30)17-7-4-8-19(13-17)29(31)32/h1-14H,(H,27,30)(H,25,26,28). The first-order valence-electron chi connectivity index (χ1n) is 9.51. The highest BCUT2D eigenvalue weighted by Crippen LogP contribution is 2.25. The number of nitro benzene ring substituents is 1. The molecule has 0 fully saturated rings. The number of hydrazine groups is 1. The maximum absolute atomic E-state index is 13.3. The Hall–Kier alpha value is -4.66. The molecule has 8 nitrogen and oxygen atoms in total. The summed E-state index contributed by atoms with van der Waals surface area (Å²) in [6.45, 7) is 0. The molecule has 1 heterocycles. The molecule has 2 N–H and O–H groups in total. The maximum Gasteiger partial charge on any atom is 0.270 e. The van der Waals surface area contributed by atoms with Gasteiger partial charge in [0.05, 0.1) is 16.3 Å². The minimum atomic E-state index is -0.592. The smallest absolute Gasteiger partial charge is 0.267 e. The molecule has 3 aromatic carbocycles. The zero-order valence-electron chi connectivity index (χ0n) is 16.5. The number of rotatable bonds is 6. The lowest BCUT2D eigenvalue weighted by atomic mass is 10.1. The number of nitrogens with one attached hydrogen (secondary N) is 2. The molecular formula is C23H16FN5O3. The van der Waals surface area contributed by atoms with Gasteiger partial charge in [0.15, 0.2) is 0 Å². The van der Waals surface area contributed by atoms with E-state index < -0.39 is 10.8 Å². The number of hydrogen-bond donors (Lipinski definition) is 2. The van der Waals surface area contributed by atoms with Crippen LogP contribution in [0.2, 0.25) is 0 Å². The Morgan fingerprint density at radius 3 is 2.16 bits per heavy atom. The van der Waals surface area contributed by atoms with Crippen LogP contribution in [0.1, 0.15) is 10.4 Å². The van der Waals surface area contributed by atoms with E-state index in [9.17, 15) is 19.3 Å². The molecule has 1 aromatic heterocycles. The number of benzene rings is 3.